The van der Waals surface area contributed by atoms with Gasteiger partial charge in [-0.1, -0.05) is 57.8 Å². The molecular formula is C16H29NO2S. The Bertz CT molecular complexity index is 297. The molecule has 1 aliphatic heterocycles. The lowest BCUT2D eigenvalue weighted by Crippen LogP contribution is -2.54. The smallest absolute Gasteiger partial charge is 0.320 e. The Morgan fingerprint density at radius 1 is 0.950 bits per heavy atom. The first-order valence-corrected chi connectivity index (χ1v) is 9.35. The van der Waals surface area contributed by atoms with Gasteiger partial charge in [-0.3, -0.25) is 10.1 Å². The Balaban J connectivity index is 1.94. The van der Waals surface area contributed by atoms with Crippen LogP contribution < -0.4 is 5.32 Å². The Kier molecular flexibility index (Phi) is 6.69. The summed E-state index contributed by atoms with van der Waals surface area (Å²) in [6, 6.07) is -0.329. The van der Waals surface area contributed by atoms with Gasteiger partial charge >= 0.3 is 5.97 Å². The van der Waals surface area contributed by atoms with Crippen molar-refractivity contribution >= 4 is 17.7 Å². The lowest BCUT2D eigenvalue weighted by Gasteiger charge is -2.41. The van der Waals surface area contributed by atoms with E-state index in [1.165, 1.54) is 57.8 Å². The van der Waals surface area contributed by atoms with Crippen LogP contribution >= 0.6 is 11.8 Å². The molecule has 3 nitrogen and oxygen atoms in total. The van der Waals surface area contributed by atoms with Crippen LogP contribution in [0.3, 0.4) is 0 Å². The predicted molar refractivity (Wildman–Crippen MR) is 85.2 cm³/mol. The second-order valence-electron chi connectivity index (χ2n) is 6.35. The average molecular weight is 299 g/mol. The number of aliphatic carboxylic acids is 1. The minimum atomic E-state index is -0.671. The topological polar surface area (TPSA) is 49.3 Å². The van der Waals surface area contributed by atoms with E-state index in [1.807, 2.05) is 11.8 Å². The fourth-order valence-electron chi connectivity index (χ4n) is 3.46. The van der Waals surface area contributed by atoms with E-state index in [0.29, 0.717) is 0 Å². The summed E-state index contributed by atoms with van der Waals surface area (Å²) in [5, 5.41) is 12.8. The van der Waals surface area contributed by atoms with Crippen LogP contribution in [-0.2, 0) is 4.79 Å². The summed E-state index contributed by atoms with van der Waals surface area (Å²) < 4.78 is 0. The minimum absolute atomic E-state index is 0.0422. The van der Waals surface area contributed by atoms with Gasteiger partial charge < -0.3 is 5.11 Å². The number of rotatable bonds is 1. The molecule has 2 rings (SSSR count). The van der Waals surface area contributed by atoms with Crippen molar-refractivity contribution in [2.75, 3.05) is 5.75 Å². The van der Waals surface area contributed by atoms with Crippen LogP contribution in [0.4, 0.5) is 0 Å². The molecule has 0 radical (unpaired) electrons. The number of carbonyl (C=O) groups is 1. The summed E-state index contributed by atoms with van der Waals surface area (Å²) in [7, 11) is 0. The lowest BCUT2D eigenvalue weighted by atomic mass is 9.96. The predicted octanol–water partition coefficient (Wildman–Crippen LogP) is 4.17. The van der Waals surface area contributed by atoms with Crippen molar-refractivity contribution in [2.45, 2.75) is 88.0 Å². The standard InChI is InChI=1S/C16H29NO2S/c18-15(19)14-10-13-20-16(17-14)11-8-6-4-2-1-3-5-7-9-12-16/h14,17H,1-13H2,(H,18,19). The van der Waals surface area contributed by atoms with E-state index in [0.717, 1.165) is 25.0 Å². The summed E-state index contributed by atoms with van der Waals surface area (Å²) in [4.78, 5) is 11.3. The SMILES string of the molecule is O=C(O)C1CCSC2(CCCCCCCCCCC2)N1. The first kappa shape index (κ1) is 16.2. The highest BCUT2D eigenvalue weighted by atomic mass is 32.2. The molecule has 116 valence electrons. The maximum Gasteiger partial charge on any atom is 0.320 e. The highest BCUT2D eigenvalue weighted by Crippen LogP contribution is 2.38. The number of carboxylic acid groups (broad SMARTS) is 1. The third kappa shape index (κ3) is 4.96. The van der Waals surface area contributed by atoms with Gasteiger partial charge in [0.05, 0.1) is 4.87 Å². The highest BCUT2D eigenvalue weighted by Gasteiger charge is 2.37. The molecule has 2 N–H and O–H groups in total. The minimum Gasteiger partial charge on any atom is -0.480 e. The van der Waals surface area contributed by atoms with E-state index in [4.69, 9.17) is 0 Å². The maximum absolute atomic E-state index is 11.3. The molecule has 1 spiro atoms. The van der Waals surface area contributed by atoms with Gasteiger partial charge in [0, 0.05) is 0 Å². The monoisotopic (exact) mass is 299 g/mol. The summed E-state index contributed by atoms with van der Waals surface area (Å²) in [5.41, 5.74) is 0. The zero-order chi connectivity index (χ0) is 14.3. The average Bonchev–Trinajstić information content (AvgIpc) is 2.43. The molecule has 0 amide bonds. The van der Waals surface area contributed by atoms with Gasteiger partial charge in [-0.15, -0.1) is 11.8 Å². The van der Waals surface area contributed by atoms with Gasteiger partial charge in [-0.2, -0.15) is 0 Å². The van der Waals surface area contributed by atoms with E-state index in [9.17, 15) is 9.90 Å². The van der Waals surface area contributed by atoms with Crippen LogP contribution in [0.2, 0.25) is 0 Å². The van der Waals surface area contributed by atoms with Crippen molar-refractivity contribution in [3.05, 3.63) is 0 Å². The molecule has 2 aliphatic rings. The maximum atomic E-state index is 11.3. The number of carboxylic acids is 1. The van der Waals surface area contributed by atoms with Crippen molar-refractivity contribution in [1.82, 2.24) is 5.32 Å². The number of thioether (sulfide) groups is 1. The number of hydrogen-bond donors (Lipinski definition) is 2. The third-order valence-electron chi connectivity index (χ3n) is 4.68. The van der Waals surface area contributed by atoms with Gasteiger partial charge in [-0.05, 0) is 25.0 Å². The van der Waals surface area contributed by atoms with Gasteiger partial charge in [0.2, 0.25) is 0 Å². The molecule has 20 heavy (non-hydrogen) atoms. The Morgan fingerprint density at radius 2 is 1.45 bits per heavy atom. The molecule has 1 saturated heterocycles. The lowest BCUT2D eigenvalue weighted by molar-refractivity contribution is -0.140. The second kappa shape index (κ2) is 8.28. The third-order valence-corrected chi connectivity index (χ3v) is 6.20. The molecule has 1 heterocycles. The van der Waals surface area contributed by atoms with Gasteiger partial charge in [0.1, 0.15) is 6.04 Å². The van der Waals surface area contributed by atoms with Crippen molar-refractivity contribution in [1.29, 1.82) is 0 Å². The van der Waals surface area contributed by atoms with E-state index in [1.54, 1.807) is 0 Å². The first-order chi connectivity index (χ1) is 9.72. The van der Waals surface area contributed by atoms with Gasteiger partial charge in [-0.25, -0.2) is 0 Å². The highest BCUT2D eigenvalue weighted by molar-refractivity contribution is 8.00. The molecule has 0 aromatic carbocycles. The van der Waals surface area contributed by atoms with Crippen molar-refractivity contribution in [3.63, 3.8) is 0 Å². The largest absolute Gasteiger partial charge is 0.480 e. The molecular weight excluding hydrogens is 270 g/mol. The van der Waals surface area contributed by atoms with Crippen LogP contribution in [0.5, 0.6) is 0 Å². The van der Waals surface area contributed by atoms with Crippen LogP contribution in [0.1, 0.15) is 77.0 Å². The molecule has 0 aromatic heterocycles. The molecule has 1 aliphatic carbocycles. The number of hydrogen-bond acceptors (Lipinski definition) is 3. The summed E-state index contributed by atoms with van der Waals surface area (Å²) >= 11 is 1.98. The van der Waals surface area contributed by atoms with E-state index in [-0.39, 0.29) is 10.9 Å². The fraction of sp³-hybridized carbons (Fsp3) is 0.938. The number of nitrogens with one attached hydrogen (secondary N) is 1. The van der Waals surface area contributed by atoms with Crippen molar-refractivity contribution in [2.24, 2.45) is 0 Å². The molecule has 0 bridgehead atoms. The van der Waals surface area contributed by atoms with E-state index < -0.39 is 5.97 Å². The van der Waals surface area contributed by atoms with Crippen LogP contribution in [0.25, 0.3) is 0 Å². The summed E-state index contributed by atoms with van der Waals surface area (Å²) in [6.07, 6.45) is 15.0. The van der Waals surface area contributed by atoms with Crippen molar-refractivity contribution < 1.29 is 9.90 Å². The normalized spacial score (nSPS) is 29.3. The van der Waals surface area contributed by atoms with Crippen LogP contribution in [0, 0.1) is 0 Å². The Morgan fingerprint density at radius 3 is 1.95 bits per heavy atom. The fourth-order valence-corrected chi connectivity index (χ4v) is 5.01. The quantitative estimate of drug-likeness (QED) is 0.763. The van der Waals surface area contributed by atoms with Crippen LogP contribution in [0.15, 0.2) is 0 Å². The Labute approximate surface area is 127 Å². The van der Waals surface area contributed by atoms with E-state index >= 15 is 0 Å². The second-order valence-corrected chi connectivity index (χ2v) is 7.83. The van der Waals surface area contributed by atoms with Gasteiger partial charge in [0.25, 0.3) is 0 Å². The molecule has 0 aromatic rings. The first-order valence-electron chi connectivity index (χ1n) is 8.36. The van der Waals surface area contributed by atoms with E-state index in [2.05, 4.69) is 5.32 Å². The zero-order valence-electron chi connectivity index (χ0n) is 12.5. The molecule has 1 unspecified atom stereocenters. The molecule has 2 fully saturated rings. The summed E-state index contributed by atoms with van der Waals surface area (Å²) in [5.74, 6) is 0.319. The van der Waals surface area contributed by atoms with Crippen molar-refractivity contribution in [3.8, 4) is 0 Å². The Hall–Kier alpha value is -0.220. The molecule has 1 saturated carbocycles. The van der Waals surface area contributed by atoms with Gasteiger partial charge in [0.15, 0.2) is 0 Å². The molecule has 4 heteroatoms. The molecule has 1 atom stereocenters. The van der Waals surface area contributed by atoms with Crippen LogP contribution in [-0.4, -0.2) is 27.7 Å². The zero-order valence-corrected chi connectivity index (χ0v) is 13.3. The summed E-state index contributed by atoms with van der Waals surface area (Å²) in [6.45, 7) is 0.